The minimum absolute atomic E-state index is 0. The lowest BCUT2D eigenvalue weighted by molar-refractivity contribution is 0.245. The van der Waals surface area contributed by atoms with Crippen LogP contribution in [0, 0.1) is 0 Å². The van der Waals surface area contributed by atoms with Gasteiger partial charge in [-0.25, -0.2) is 9.86 Å². The van der Waals surface area contributed by atoms with Gasteiger partial charge in [0.05, 0.1) is 7.11 Å². The summed E-state index contributed by atoms with van der Waals surface area (Å²) in [4.78, 5) is 0. The Kier molecular flexibility index (Phi) is 9.33. The van der Waals surface area contributed by atoms with Gasteiger partial charge < -0.3 is 10.1 Å². The maximum atomic E-state index is 11.6. The molecule has 4 rings (SSSR count). The topological polar surface area (TPSA) is 93.4 Å². The third kappa shape index (κ3) is 7.29. The van der Waals surface area contributed by atoms with Crippen LogP contribution in [0.25, 0.3) is 11.1 Å². The van der Waals surface area contributed by atoms with E-state index in [9.17, 15) is 8.42 Å². The molecule has 0 aliphatic heterocycles. The van der Waals surface area contributed by atoms with Crippen LogP contribution in [0.3, 0.4) is 0 Å². The van der Waals surface area contributed by atoms with Gasteiger partial charge in [0.2, 0.25) is 0 Å². The third-order valence-electron chi connectivity index (χ3n) is 6.89. The number of halogens is 1. The summed E-state index contributed by atoms with van der Waals surface area (Å²) in [6.45, 7) is 1.09. The lowest BCUT2D eigenvalue weighted by Crippen LogP contribution is -2.47. The summed E-state index contributed by atoms with van der Waals surface area (Å²) in [7, 11) is -2.13. The van der Waals surface area contributed by atoms with Gasteiger partial charge in [-0.15, -0.1) is 12.4 Å². The molecule has 3 aromatic carbocycles. The Morgan fingerprint density at radius 2 is 1.60 bits per heavy atom. The minimum Gasteiger partial charge on any atom is -0.497 e. The summed E-state index contributed by atoms with van der Waals surface area (Å²) in [5.74, 6) is 0.770. The first-order chi connectivity index (χ1) is 16.4. The highest BCUT2D eigenvalue weighted by Gasteiger charge is 2.37. The van der Waals surface area contributed by atoms with Crippen LogP contribution >= 0.6 is 12.4 Å². The number of hydrogen-bond donors (Lipinski definition) is 3. The monoisotopic (exact) mass is 515 g/mol. The molecule has 0 amide bonds. The molecule has 4 N–H and O–H groups in total. The second kappa shape index (κ2) is 12.0. The molecule has 6 nitrogen and oxygen atoms in total. The van der Waals surface area contributed by atoms with Crippen LogP contribution in [0.1, 0.15) is 36.8 Å². The summed E-state index contributed by atoms with van der Waals surface area (Å²) in [5, 5.41) is 8.95. The molecule has 1 saturated carbocycles. The largest absolute Gasteiger partial charge is 0.497 e. The molecule has 8 heteroatoms. The molecule has 0 saturated heterocycles. The Labute approximate surface area is 214 Å². The quantitative estimate of drug-likeness (QED) is 0.390. The predicted octanol–water partition coefficient (Wildman–Crippen LogP) is 4.55. The van der Waals surface area contributed by atoms with Gasteiger partial charge in [-0.1, -0.05) is 66.7 Å². The number of nitrogens with two attached hydrogens (primary N) is 1. The van der Waals surface area contributed by atoms with Crippen molar-refractivity contribution >= 4 is 22.6 Å². The van der Waals surface area contributed by atoms with Crippen molar-refractivity contribution in [1.29, 1.82) is 0 Å². The number of methoxy groups -OCH3 is 1. The summed E-state index contributed by atoms with van der Waals surface area (Å²) in [6.07, 6.45) is 3.61. The molecule has 1 fully saturated rings. The fourth-order valence-electron chi connectivity index (χ4n) is 4.84. The second-order valence-corrected chi connectivity index (χ2v) is 10.5. The molecule has 0 unspecified atom stereocenters. The molecule has 0 bridgehead atoms. The lowest BCUT2D eigenvalue weighted by Gasteiger charge is -2.41. The van der Waals surface area contributed by atoms with Gasteiger partial charge in [0, 0.05) is 24.5 Å². The highest BCUT2D eigenvalue weighted by atomic mass is 35.5. The third-order valence-corrected chi connectivity index (χ3v) is 7.44. The molecule has 1 aliphatic rings. The lowest BCUT2D eigenvalue weighted by atomic mass is 9.68. The Morgan fingerprint density at radius 3 is 2.23 bits per heavy atom. The average Bonchev–Trinajstić information content (AvgIpc) is 2.87. The van der Waals surface area contributed by atoms with Gasteiger partial charge in [-0.2, -0.15) is 8.42 Å². The van der Waals surface area contributed by atoms with Crippen LogP contribution in [0.15, 0.2) is 78.9 Å². The van der Waals surface area contributed by atoms with Crippen molar-refractivity contribution in [1.82, 2.24) is 10.0 Å². The van der Waals surface area contributed by atoms with Crippen molar-refractivity contribution in [2.75, 3.05) is 13.7 Å². The number of ether oxygens (including phenoxy) is 1. The fraction of sp³-hybridized carbons (Fsp3) is 0.333. The molecule has 0 atom stereocenters. The number of nitrogens with one attached hydrogen (secondary N) is 2. The summed E-state index contributed by atoms with van der Waals surface area (Å²) < 4.78 is 31.2. The van der Waals surface area contributed by atoms with Crippen molar-refractivity contribution < 1.29 is 13.2 Å². The van der Waals surface area contributed by atoms with Crippen LogP contribution < -0.4 is 19.9 Å². The van der Waals surface area contributed by atoms with Gasteiger partial charge in [0.15, 0.2) is 0 Å². The van der Waals surface area contributed by atoms with Crippen molar-refractivity contribution in [3.63, 3.8) is 0 Å². The molecule has 0 aromatic heterocycles. The first-order valence-corrected chi connectivity index (χ1v) is 13.2. The van der Waals surface area contributed by atoms with E-state index in [0.29, 0.717) is 6.04 Å². The Balaban J connectivity index is 0.00000342. The van der Waals surface area contributed by atoms with Gasteiger partial charge in [0.1, 0.15) is 5.75 Å². The van der Waals surface area contributed by atoms with Crippen molar-refractivity contribution in [2.24, 2.45) is 5.14 Å². The van der Waals surface area contributed by atoms with E-state index in [1.54, 1.807) is 7.11 Å². The fourth-order valence-corrected chi connectivity index (χ4v) is 5.32. The highest BCUT2D eigenvalue weighted by molar-refractivity contribution is 7.87. The standard InChI is InChI=1S/C27H33N3O3S.ClH/c1-33-26-9-5-8-24(18-26)27(20-30-34(28,31)32)16-14-25(15-17-27)29-19-21-10-12-23(13-11-21)22-6-3-2-4-7-22;/h2-13,18,25,29-30H,14-17,19-20H2,1H3,(H2,28,31,32);1H/t25-,27+;. The molecule has 0 radical (unpaired) electrons. The molecular weight excluding hydrogens is 482 g/mol. The van der Waals surface area contributed by atoms with Gasteiger partial charge >= 0.3 is 0 Å². The number of rotatable bonds is 9. The molecule has 0 spiro atoms. The minimum atomic E-state index is -3.77. The zero-order valence-corrected chi connectivity index (χ0v) is 21.6. The smallest absolute Gasteiger partial charge is 0.274 e. The van der Waals surface area contributed by atoms with E-state index in [-0.39, 0.29) is 24.4 Å². The van der Waals surface area contributed by atoms with E-state index in [0.717, 1.165) is 43.5 Å². The van der Waals surface area contributed by atoms with Crippen LogP contribution in [-0.4, -0.2) is 28.1 Å². The number of benzene rings is 3. The van der Waals surface area contributed by atoms with Crippen LogP contribution in [0.2, 0.25) is 0 Å². The zero-order valence-electron chi connectivity index (χ0n) is 19.9. The van der Waals surface area contributed by atoms with E-state index >= 15 is 0 Å². The van der Waals surface area contributed by atoms with Gasteiger partial charge in [-0.05, 0) is 60.1 Å². The van der Waals surface area contributed by atoms with Gasteiger partial charge in [-0.3, -0.25) is 0 Å². The SMILES string of the molecule is COc1cccc([C@]2(CNS(N)(=O)=O)CC[C@H](NCc3ccc(-c4ccccc4)cc3)CC2)c1.Cl. The molecule has 188 valence electrons. The predicted molar refractivity (Wildman–Crippen MR) is 144 cm³/mol. The van der Waals surface area contributed by atoms with E-state index in [1.807, 2.05) is 24.3 Å². The second-order valence-electron chi connectivity index (χ2n) is 9.10. The molecular formula is C27H34ClN3O3S. The summed E-state index contributed by atoms with van der Waals surface area (Å²) >= 11 is 0. The molecule has 1 aliphatic carbocycles. The van der Waals surface area contributed by atoms with Crippen molar-refractivity contribution in [3.05, 3.63) is 90.0 Å². The van der Waals surface area contributed by atoms with E-state index < -0.39 is 10.2 Å². The van der Waals surface area contributed by atoms with E-state index in [4.69, 9.17) is 9.88 Å². The van der Waals surface area contributed by atoms with Crippen molar-refractivity contribution in [3.8, 4) is 16.9 Å². The first kappa shape index (κ1) is 27.2. The molecule has 3 aromatic rings. The van der Waals surface area contributed by atoms with Crippen LogP contribution in [0.5, 0.6) is 5.75 Å². The first-order valence-electron chi connectivity index (χ1n) is 11.7. The summed E-state index contributed by atoms with van der Waals surface area (Å²) in [5.41, 5.74) is 4.46. The number of hydrogen-bond acceptors (Lipinski definition) is 4. The van der Waals surface area contributed by atoms with E-state index in [2.05, 4.69) is 64.6 Å². The highest BCUT2D eigenvalue weighted by Crippen LogP contribution is 2.40. The van der Waals surface area contributed by atoms with Crippen molar-refractivity contribution in [2.45, 2.75) is 43.7 Å². The Morgan fingerprint density at radius 1 is 0.943 bits per heavy atom. The van der Waals surface area contributed by atoms with E-state index in [1.165, 1.54) is 16.7 Å². The Bertz CT molecular complexity index is 1180. The zero-order chi connectivity index (χ0) is 24.0. The average molecular weight is 516 g/mol. The van der Waals surface area contributed by atoms with Gasteiger partial charge in [0.25, 0.3) is 10.2 Å². The normalized spacial score (nSPS) is 20.1. The summed E-state index contributed by atoms with van der Waals surface area (Å²) in [6, 6.07) is 27.4. The van der Waals surface area contributed by atoms with Crippen LogP contribution in [0.4, 0.5) is 0 Å². The maximum Gasteiger partial charge on any atom is 0.274 e. The van der Waals surface area contributed by atoms with Crippen LogP contribution in [-0.2, 0) is 22.2 Å². The Hall–Kier alpha value is -2.42. The molecule has 0 heterocycles. The maximum absolute atomic E-state index is 11.6. The molecule has 35 heavy (non-hydrogen) atoms.